The van der Waals surface area contributed by atoms with Crippen molar-refractivity contribution in [3.63, 3.8) is 0 Å². The van der Waals surface area contributed by atoms with Crippen LogP contribution in [0.15, 0.2) is 35.4 Å². The Morgan fingerprint density at radius 1 is 0.696 bits per heavy atom. The number of ether oxygens (including phenoxy) is 4. The zero-order valence-corrected chi connectivity index (χ0v) is 30.2. The molecule has 9 heteroatoms. The maximum Gasteiger partial charge on any atom is 0.110 e. The summed E-state index contributed by atoms with van der Waals surface area (Å²) in [5, 5.41) is 26.2. The number of azide groups is 1. The minimum Gasteiger partial charge on any atom is -0.390 e. The molecule has 266 valence electrons. The molecule has 2 N–H and O–H groups in total. The van der Waals surface area contributed by atoms with Crippen molar-refractivity contribution in [3.05, 3.63) is 46.3 Å². The second kappa shape index (κ2) is 24.4. The van der Waals surface area contributed by atoms with E-state index >= 15 is 0 Å². The monoisotopic (exact) mass is 650 g/mol. The van der Waals surface area contributed by atoms with Crippen LogP contribution in [0.3, 0.4) is 0 Å². The highest BCUT2D eigenvalue weighted by Gasteiger charge is 2.33. The van der Waals surface area contributed by atoms with Gasteiger partial charge in [0.1, 0.15) is 12.2 Å². The summed E-state index contributed by atoms with van der Waals surface area (Å²) in [4.78, 5) is 3.03. The molecule has 1 aromatic rings. The zero-order chi connectivity index (χ0) is 34.3. The third kappa shape index (κ3) is 22.0. The topological polar surface area (TPSA) is 126 Å². The van der Waals surface area contributed by atoms with Crippen molar-refractivity contribution in [2.75, 3.05) is 19.8 Å². The van der Waals surface area contributed by atoms with Crippen molar-refractivity contribution in [2.45, 2.75) is 180 Å². The molecule has 0 saturated carbocycles. The molecule has 9 nitrogen and oxygen atoms in total. The third-order valence-electron chi connectivity index (χ3n) is 7.71. The Labute approximate surface area is 280 Å². The number of aliphatic hydroxyl groups excluding tert-OH is 2. The van der Waals surface area contributed by atoms with Gasteiger partial charge in [-0.2, -0.15) is 0 Å². The maximum absolute atomic E-state index is 11.2. The number of hydrogen-bond acceptors (Lipinski definition) is 7. The summed E-state index contributed by atoms with van der Waals surface area (Å²) in [6.45, 7) is 14.3. The van der Waals surface area contributed by atoms with Crippen LogP contribution < -0.4 is 0 Å². The summed E-state index contributed by atoms with van der Waals surface area (Å²) in [6.07, 6.45) is 12.3. The van der Waals surface area contributed by atoms with Crippen LogP contribution in [-0.2, 0) is 25.6 Å². The number of nitrogens with zero attached hydrogens (tertiary/aromatic N) is 3. The Morgan fingerprint density at radius 3 is 1.76 bits per heavy atom. The molecule has 0 aliphatic rings. The van der Waals surface area contributed by atoms with Crippen LogP contribution in [0.2, 0.25) is 0 Å². The Morgan fingerprint density at radius 2 is 1.24 bits per heavy atom. The highest BCUT2D eigenvalue weighted by molar-refractivity contribution is 5.13. The molecular formula is C37H67N3O6. The van der Waals surface area contributed by atoms with E-state index in [1.165, 1.54) is 57.8 Å². The molecule has 0 amide bonds. The second-order valence-corrected chi connectivity index (χ2v) is 14.6. The highest BCUT2D eigenvalue weighted by Crippen LogP contribution is 2.23. The summed E-state index contributed by atoms with van der Waals surface area (Å²) >= 11 is 0. The van der Waals surface area contributed by atoms with E-state index in [1.54, 1.807) is 0 Å². The van der Waals surface area contributed by atoms with Crippen LogP contribution in [0.5, 0.6) is 0 Å². The number of benzene rings is 1. The molecule has 0 unspecified atom stereocenters. The SMILES string of the molecule is CCCCCCCCCCCCCC[C@@H](O)[C@@H](OC(C)(C)C)[C@H](COC[C@H](O)[C@H](COCc1ccccc1)OC(C)(C)C)N=[N+]=[N-]. The van der Waals surface area contributed by atoms with E-state index in [0.29, 0.717) is 13.0 Å². The van der Waals surface area contributed by atoms with Crippen molar-refractivity contribution in [1.82, 2.24) is 0 Å². The van der Waals surface area contributed by atoms with E-state index in [4.69, 9.17) is 18.9 Å². The minimum absolute atomic E-state index is 0.00944. The molecule has 0 radical (unpaired) electrons. The lowest BCUT2D eigenvalue weighted by Gasteiger charge is -2.35. The first-order chi connectivity index (χ1) is 21.9. The smallest absolute Gasteiger partial charge is 0.110 e. The number of rotatable bonds is 27. The summed E-state index contributed by atoms with van der Waals surface area (Å²) in [5.41, 5.74) is 9.32. The van der Waals surface area contributed by atoms with Gasteiger partial charge in [0, 0.05) is 4.91 Å². The molecule has 46 heavy (non-hydrogen) atoms. The van der Waals surface area contributed by atoms with Gasteiger partial charge in [0.15, 0.2) is 0 Å². The molecule has 1 aromatic carbocycles. The van der Waals surface area contributed by atoms with Gasteiger partial charge in [0.25, 0.3) is 0 Å². The van der Waals surface area contributed by atoms with Crippen molar-refractivity contribution in [3.8, 4) is 0 Å². The largest absolute Gasteiger partial charge is 0.390 e. The fourth-order valence-corrected chi connectivity index (χ4v) is 5.40. The predicted molar refractivity (Wildman–Crippen MR) is 187 cm³/mol. The van der Waals surface area contributed by atoms with Crippen LogP contribution in [-0.4, -0.2) is 71.7 Å². The average molecular weight is 650 g/mol. The van der Waals surface area contributed by atoms with Gasteiger partial charge in [-0.15, -0.1) is 0 Å². The number of hydrogen-bond donors (Lipinski definition) is 2. The first kappa shape index (κ1) is 42.3. The second-order valence-electron chi connectivity index (χ2n) is 14.6. The summed E-state index contributed by atoms with van der Waals surface area (Å²) in [7, 11) is 0. The molecule has 0 heterocycles. The van der Waals surface area contributed by atoms with Crippen molar-refractivity contribution < 1.29 is 29.2 Å². The first-order valence-electron chi connectivity index (χ1n) is 17.8. The van der Waals surface area contributed by atoms with Crippen molar-refractivity contribution >= 4 is 0 Å². The van der Waals surface area contributed by atoms with Crippen molar-refractivity contribution in [2.24, 2.45) is 5.11 Å². The van der Waals surface area contributed by atoms with Gasteiger partial charge < -0.3 is 29.2 Å². The Bertz CT molecular complexity index is 914. The van der Waals surface area contributed by atoms with Crippen LogP contribution in [0.1, 0.15) is 138 Å². The van der Waals surface area contributed by atoms with Crippen molar-refractivity contribution in [1.29, 1.82) is 0 Å². The lowest BCUT2D eigenvalue weighted by molar-refractivity contribution is -0.157. The fourth-order valence-electron chi connectivity index (χ4n) is 5.40. The van der Waals surface area contributed by atoms with Crippen LogP contribution in [0.25, 0.3) is 10.4 Å². The average Bonchev–Trinajstić information content (AvgIpc) is 2.99. The first-order valence-corrected chi connectivity index (χ1v) is 17.8. The van der Waals surface area contributed by atoms with Crippen LogP contribution in [0, 0.1) is 0 Å². The lowest BCUT2D eigenvalue weighted by Crippen LogP contribution is -2.46. The van der Waals surface area contributed by atoms with Gasteiger partial charge in [-0.3, -0.25) is 0 Å². The van der Waals surface area contributed by atoms with Crippen LogP contribution in [0.4, 0.5) is 0 Å². The zero-order valence-electron chi connectivity index (χ0n) is 30.2. The van der Waals surface area contributed by atoms with E-state index < -0.39 is 41.7 Å². The Kier molecular flexibility index (Phi) is 22.5. The number of aliphatic hydroxyl groups is 2. The van der Waals surface area contributed by atoms with E-state index in [0.717, 1.165) is 24.8 Å². The predicted octanol–water partition coefficient (Wildman–Crippen LogP) is 9.08. The molecule has 1 rings (SSSR count). The molecule has 0 bridgehead atoms. The van der Waals surface area contributed by atoms with E-state index in [2.05, 4.69) is 16.9 Å². The normalized spacial score (nSPS) is 15.6. The molecule has 0 aromatic heterocycles. The van der Waals surface area contributed by atoms with Gasteiger partial charge in [0.05, 0.1) is 55.9 Å². The Balaban J connectivity index is 2.61. The molecule has 0 fully saturated rings. The number of unbranched alkanes of at least 4 members (excludes halogenated alkanes) is 11. The van der Waals surface area contributed by atoms with Gasteiger partial charge in [-0.1, -0.05) is 119 Å². The fraction of sp³-hybridized carbons (Fsp3) is 0.838. The van der Waals surface area contributed by atoms with Gasteiger partial charge in [-0.25, -0.2) is 0 Å². The van der Waals surface area contributed by atoms with Gasteiger partial charge in [0.2, 0.25) is 0 Å². The molecular weight excluding hydrogens is 582 g/mol. The third-order valence-corrected chi connectivity index (χ3v) is 7.71. The standard InChI is InChI=1S/C37H67N3O6/c1-8-9-10-11-12-13-14-15-16-17-18-22-25-32(41)35(46-37(5,6)7)31(39-40-38)27-44-28-33(42)34(45-36(2,3)4)29-43-26-30-23-20-19-21-24-30/h19-21,23-24,31-35,41-42H,8-18,22,25-29H2,1-7H3/t31-,32+,33-,34-,35-/m0/s1. The maximum atomic E-state index is 11.2. The summed E-state index contributed by atoms with van der Waals surface area (Å²) in [6, 6.07) is 9.07. The van der Waals surface area contributed by atoms with E-state index in [9.17, 15) is 15.7 Å². The lowest BCUT2D eigenvalue weighted by atomic mass is 9.98. The summed E-state index contributed by atoms with van der Waals surface area (Å²) in [5.74, 6) is 0. The van der Waals surface area contributed by atoms with Gasteiger partial charge >= 0.3 is 0 Å². The van der Waals surface area contributed by atoms with E-state index in [-0.39, 0.29) is 19.8 Å². The van der Waals surface area contributed by atoms with Gasteiger partial charge in [-0.05, 0) is 59.1 Å². The van der Waals surface area contributed by atoms with E-state index in [1.807, 2.05) is 71.9 Å². The Hall–Kier alpha value is -1.71. The molecule has 0 spiro atoms. The summed E-state index contributed by atoms with van der Waals surface area (Å²) < 4.78 is 24.1. The van der Waals surface area contributed by atoms with Crippen LogP contribution >= 0.6 is 0 Å². The molecule has 0 saturated heterocycles. The highest BCUT2D eigenvalue weighted by atomic mass is 16.6. The minimum atomic E-state index is -0.977. The molecule has 5 atom stereocenters. The quantitative estimate of drug-likeness (QED) is 0.0424. The molecule has 0 aliphatic carbocycles. The molecule has 0 aliphatic heterocycles.